The number of para-hydroxylation sites is 1. The molecule has 2 rings (SSSR count). The summed E-state index contributed by atoms with van der Waals surface area (Å²) in [5, 5.41) is 13.4. The monoisotopic (exact) mass is 263 g/mol. The number of aliphatic hydroxyl groups excluding tert-OH is 1. The zero-order chi connectivity index (χ0) is 13.7. The number of hydrogen-bond acceptors (Lipinski definition) is 3. The fourth-order valence-electron chi connectivity index (χ4n) is 2.82. The van der Waals surface area contributed by atoms with E-state index in [-0.39, 0.29) is 12.1 Å². The molecule has 2 N–H and O–H groups in total. The Morgan fingerprint density at radius 1 is 1.37 bits per heavy atom. The fourth-order valence-corrected chi connectivity index (χ4v) is 2.82. The number of benzene rings is 1. The molecule has 19 heavy (non-hydrogen) atoms. The second-order valence-electron chi connectivity index (χ2n) is 5.36. The Labute approximate surface area is 116 Å². The third-order valence-electron chi connectivity index (χ3n) is 3.99. The maximum Gasteiger partial charge on any atom is 0.124 e. The average Bonchev–Trinajstić information content (AvgIpc) is 2.82. The highest BCUT2D eigenvalue weighted by atomic mass is 16.5. The lowest BCUT2D eigenvalue weighted by molar-refractivity contribution is 0.130. The summed E-state index contributed by atoms with van der Waals surface area (Å²) < 4.78 is 5.66. The summed E-state index contributed by atoms with van der Waals surface area (Å²) >= 11 is 0. The molecule has 0 radical (unpaired) electrons. The van der Waals surface area contributed by atoms with E-state index in [1.165, 1.54) is 5.56 Å². The highest BCUT2D eigenvalue weighted by Gasteiger charge is 2.25. The Bertz CT molecular complexity index is 394. The fraction of sp³-hybridized carbons (Fsp3) is 0.625. The lowest BCUT2D eigenvalue weighted by Gasteiger charge is -2.21. The van der Waals surface area contributed by atoms with Crippen molar-refractivity contribution in [1.29, 1.82) is 0 Å². The number of aliphatic hydroxyl groups is 1. The Balaban J connectivity index is 1.93. The van der Waals surface area contributed by atoms with Gasteiger partial charge in [0.1, 0.15) is 5.75 Å². The molecule has 106 valence electrons. The molecule has 0 amide bonds. The standard InChI is InChI=1S/C16H25NO2/c1-3-19-16-10-5-4-8-14(16)12(2)17-11-13-7-6-9-15(13)18/h4-5,8,10,12-13,15,17-18H,3,6-7,9,11H2,1-2H3. The van der Waals surface area contributed by atoms with Crippen molar-refractivity contribution >= 4 is 0 Å². The molecule has 1 aliphatic carbocycles. The van der Waals surface area contributed by atoms with Gasteiger partial charge in [-0.3, -0.25) is 0 Å². The SMILES string of the molecule is CCOc1ccccc1C(C)NCC1CCCC1O. The van der Waals surface area contributed by atoms with Gasteiger partial charge in [0.25, 0.3) is 0 Å². The summed E-state index contributed by atoms with van der Waals surface area (Å²) in [5.74, 6) is 1.36. The summed E-state index contributed by atoms with van der Waals surface area (Å²) in [6.07, 6.45) is 3.11. The predicted molar refractivity (Wildman–Crippen MR) is 77.4 cm³/mol. The lowest BCUT2D eigenvalue weighted by Crippen LogP contribution is -2.29. The van der Waals surface area contributed by atoms with Crippen molar-refractivity contribution in [3.63, 3.8) is 0 Å². The van der Waals surface area contributed by atoms with Gasteiger partial charge in [0.15, 0.2) is 0 Å². The van der Waals surface area contributed by atoms with E-state index in [0.29, 0.717) is 12.5 Å². The van der Waals surface area contributed by atoms with Crippen molar-refractivity contribution in [3.05, 3.63) is 29.8 Å². The maximum absolute atomic E-state index is 9.85. The van der Waals surface area contributed by atoms with Crippen molar-refractivity contribution in [2.24, 2.45) is 5.92 Å². The molecule has 1 saturated carbocycles. The molecule has 1 aromatic rings. The first-order chi connectivity index (χ1) is 9.22. The van der Waals surface area contributed by atoms with Gasteiger partial charge < -0.3 is 15.2 Å². The molecule has 3 unspecified atom stereocenters. The lowest BCUT2D eigenvalue weighted by atomic mass is 10.0. The number of rotatable bonds is 6. The van der Waals surface area contributed by atoms with Crippen molar-refractivity contribution in [2.75, 3.05) is 13.2 Å². The maximum atomic E-state index is 9.85. The molecule has 1 aliphatic rings. The van der Waals surface area contributed by atoms with E-state index in [0.717, 1.165) is 31.6 Å². The van der Waals surface area contributed by atoms with Crippen LogP contribution in [-0.2, 0) is 0 Å². The van der Waals surface area contributed by atoms with Crippen LogP contribution in [0, 0.1) is 5.92 Å². The van der Waals surface area contributed by atoms with Crippen LogP contribution in [0.2, 0.25) is 0 Å². The van der Waals surface area contributed by atoms with E-state index in [9.17, 15) is 5.11 Å². The third-order valence-corrected chi connectivity index (χ3v) is 3.99. The van der Waals surface area contributed by atoms with Crippen LogP contribution >= 0.6 is 0 Å². The van der Waals surface area contributed by atoms with Crippen LogP contribution in [0.5, 0.6) is 5.75 Å². The summed E-state index contributed by atoms with van der Waals surface area (Å²) in [5.41, 5.74) is 1.19. The van der Waals surface area contributed by atoms with Gasteiger partial charge in [-0.25, -0.2) is 0 Å². The van der Waals surface area contributed by atoms with Crippen molar-refractivity contribution < 1.29 is 9.84 Å². The van der Waals surface area contributed by atoms with E-state index in [1.54, 1.807) is 0 Å². The van der Waals surface area contributed by atoms with Crippen LogP contribution < -0.4 is 10.1 Å². The van der Waals surface area contributed by atoms with Crippen LogP contribution in [0.15, 0.2) is 24.3 Å². The van der Waals surface area contributed by atoms with Gasteiger partial charge in [-0.2, -0.15) is 0 Å². The molecule has 0 bridgehead atoms. The normalized spacial score (nSPS) is 24.4. The molecule has 0 aromatic heterocycles. The number of nitrogens with one attached hydrogen (secondary N) is 1. The van der Waals surface area contributed by atoms with Crippen LogP contribution in [0.25, 0.3) is 0 Å². The Morgan fingerprint density at radius 3 is 2.84 bits per heavy atom. The van der Waals surface area contributed by atoms with E-state index < -0.39 is 0 Å². The van der Waals surface area contributed by atoms with Gasteiger partial charge in [-0.05, 0) is 38.7 Å². The highest BCUT2D eigenvalue weighted by Crippen LogP contribution is 2.28. The van der Waals surface area contributed by atoms with Crippen molar-refractivity contribution in [1.82, 2.24) is 5.32 Å². The van der Waals surface area contributed by atoms with E-state index in [1.807, 2.05) is 25.1 Å². The largest absolute Gasteiger partial charge is 0.494 e. The zero-order valence-electron chi connectivity index (χ0n) is 11.9. The molecule has 1 fully saturated rings. The van der Waals surface area contributed by atoms with Gasteiger partial charge >= 0.3 is 0 Å². The minimum Gasteiger partial charge on any atom is -0.494 e. The molecule has 3 nitrogen and oxygen atoms in total. The van der Waals surface area contributed by atoms with E-state index in [4.69, 9.17) is 4.74 Å². The molecule has 3 heteroatoms. The van der Waals surface area contributed by atoms with Gasteiger partial charge in [0.05, 0.1) is 12.7 Å². The molecule has 0 heterocycles. The highest BCUT2D eigenvalue weighted by molar-refractivity contribution is 5.35. The minimum absolute atomic E-state index is 0.123. The second kappa shape index (κ2) is 6.92. The molecule has 0 spiro atoms. The van der Waals surface area contributed by atoms with Crippen LogP contribution in [-0.4, -0.2) is 24.4 Å². The van der Waals surface area contributed by atoms with Gasteiger partial charge in [-0.15, -0.1) is 0 Å². The second-order valence-corrected chi connectivity index (χ2v) is 5.36. The Hall–Kier alpha value is -1.06. The molecule has 0 aliphatic heterocycles. The molecular weight excluding hydrogens is 238 g/mol. The topological polar surface area (TPSA) is 41.5 Å². The summed E-state index contributed by atoms with van der Waals surface area (Å²) in [6, 6.07) is 8.41. The molecule has 1 aromatic carbocycles. The van der Waals surface area contributed by atoms with Crippen molar-refractivity contribution in [2.45, 2.75) is 45.3 Å². The van der Waals surface area contributed by atoms with E-state index in [2.05, 4.69) is 18.3 Å². The van der Waals surface area contributed by atoms with Crippen molar-refractivity contribution in [3.8, 4) is 5.75 Å². The van der Waals surface area contributed by atoms with Gasteiger partial charge in [0.2, 0.25) is 0 Å². The summed E-state index contributed by atoms with van der Waals surface area (Å²) in [7, 11) is 0. The molecular formula is C16H25NO2. The number of ether oxygens (including phenoxy) is 1. The average molecular weight is 263 g/mol. The third kappa shape index (κ3) is 3.71. The summed E-state index contributed by atoms with van der Waals surface area (Å²) in [6.45, 7) is 5.72. The first-order valence-corrected chi connectivity index (χ1v) is 7.35. The van der Waals surface area contributed by atoms with Gasteiger partial charge in [-0.1, -0.05) is 24.6 Å². The molecule has 0 saturated heterocycles. The van der Waals surface area contributed by atoms with Crippen LogP contribution in [0.1, 0.15) is 44.7 Å². The minimum atomic E-state index is -0.123. The van der Waals surface area contributed by atoms with Gasteiger partial charge in [0, 0.05) is 18.2 Å². The Morgan fingerprint density at radius 2 is 2.16 bits per heavy atom. The van der Waals surface area contributed by atoms with E-state index >= 15 is 0 Å². The first-order valence-electron chi connectivity index (χ1n) is 7.35. The van der Waals surface area contributed by atoms with Crippen LogP contribution in [0.3, 0.4) is 0 Å². The quantitative estimate of drug-likeness (QED) is 0.829. The van der Waals surface area contributed by atoms with Crippen LogP contribution in [0.4, 0.5) is 0 Å². The predicted octanol–water partition coefficient (Wildman–Crippen LogP) is 2.90. The molecule has 3 atom stereocenters. The number of hydrogen-bond donors (Lipinski definition) is 2. The summed E-state index contributed by atoms with van der Waals surface area (Å²) in [4.78, 5) is 0. The smallest absolute Gasteiger partial charge is 0.124 e. The first kappa shape index (κ1) is 14.4. The zero-order valence-corrected chi connectivity index (χ0v) is 11.9. The Kier molecular flexibility index (Phi) is 5.23.